The van der Waals surface area contributed by atoms with Crippen molar-refractivity contribution in [1.82, 2.24) is 10.2 Å². The summed E-state index contributed by atoms with van der Waals surface area (Å²) in [5, 5.41) is 2.87. The zero-order valence-corrected chi connectivity index (χ0v) is 13.0. The Labute approximate surface area is 113 Å². The molecule has 0 aliphatic rings. The molecule has 3 nitrogen and oxygen atoms in total. The van der Waals surface area contributed by atoms with E-state index < -0.39 is 0 Å². The van der Waals surface area contributed by atoms with Crippen LogP contribution in [0.25, 0.3) is 0 Å². The van der Waals surface area contributed by atoms with E-state index in [-0.39, 0.29) is 11.8 Å². The first-order chi connectivity index (χ1) is 7.99. The molecule has 4 heteroatoms. The van der Waals surface area contributed by atoms with Crippen molar-refractivity contribution in [1.29, 1.82) is 0 Å². The Balaban J connectivity index is 0. The minimum atomic E-state index is 0.0164. The molecule has 17 heavy (non-hydrogen) atoms. The molecule has 0 radical (unpaired) electrons. The van der Waals surface area contributed by atoms with Crippen molar-refractivity contribution in [2.24, 2.45) is 5.92 Å². The van der Waals surface area contributed by atoms with Gasteiger partial charge in [0.25, 0.3) is 0 Å². The average Bonchev–Trinajstić information content (AvgIpc) is 2.33. The van der Waals surface area contributed by atoms with Crippen LogP contribution in [0.5, 0.6) is 0 Å². The van der Waals surface area contributed by atoms with Gasteiger partial charge in [-0.3, -0.25) is 4.79 Å². The molecule has 0 spiro atoms. The Kier molecular flexibility index (Phi) is 15.6. The molecular formula is C13H30N2OS. The molecule has 0 aliphatic carbocycles. The number of unbranched alkanes of at least 4 members (excludes halogenated alkanes) is 1. The molecule has 1 unspecified atom stereocenters. The molecule has 0 aromatic heterocycles. The van der Waals surface area contributed by atoms with Crippen LogP contribution in [-0.2, 0) is 4.79 Å². The van der Waals surface area contributed by atoms with Crippen LogP contribution in [0.4, 0.5) is 0 Å². The molecular weight excluding hydrogens is 232 g/mol. The maximum Gasteiger partial charge on any atom is 0.223 e. The third-order valence-corrected chi connectivity index (χ3v) is 2.85. The second-order valence-corrected chi connectivity index (χ2v) is 4.90. The van der Waals surface area contributed by atoms with Crippen molar-refractivity contribution in [3.8, 4) is 0 Å². The zero-order valence-electron chi connectivity index (χ0n) is 12.1. The minimum absolute atomic E-state index is 0.0164. The zero-order chi connectivity index (χ0) is 13.7. The Hall–Kier alpha value is -0.220. The number of nitrogens with zero attached hydrogens (tertiary/aromatic N) is 1. The summed E-state index contributed by atoms with van der Waals surface area (Å²) in [4.78, 5) is 13.4. The van der Waals surface area contributed by atoms with Gasteiger partial charge in [-0.15, -0.1) is 0 Å². The fourth-order valence-electron chi connectivity index (χ4n) is 0.864. The summed E-state index contributed by atoms with van der Waals surface area (Å²) < 4.78 is 0. The van der Waals surface area contributed by atoms with Crippen molar-refractivity contribution in [3.05, 3.63) is 0 Å². The van der Waals surface area contributed by atoms with E-state index in [0.717, 1.165) is 19.5 Å². The lowest BCUT2D eigenvalue weighted by Gasteiger charge is -2.11. The molecule has 0 aromatic rings. The molecule has 0 heterocycles. The van der Waals surface area contributed by atoms with E-state index in [0.29, 0.717) is 5.75 Å². The fraction of sp³-hybridized carbons (Fsp3) is 0.923. The van der Waals surface area contributed by atoms with Gasteiger partial charge in [0.1, 0.15) is 0 Å². The summed E-state index contributed by atoms with van der Waals surface area (Å²) in [6.07, 6.45) is 3.64. The van der Waals surface area contributed by atoms with Crippen molar-refractivity contribution >= 4 is 18.5 Å². The molecule has 0 aromatic carbocycles. The van der Waals surface area contributed by atoms with E-state index in [4.69, 9.17) is 0 Å². The summed E-state index contributed by atoms with van der Waals surface area (Å²) in [5.41, 5.74) is 0. The van der Waals surface area contributed by atoms with Gasteiger partial charge in [0.05, 0.1) is 0 Å². The normalized spacial score (nSPS) is 11.7. The lowest BCUT2D eigenvalue weighted by molar-refractivity contribution is -0.123. The lowest BCUT2D eigenvalue weighted by atomic mass is 10.2. The summed E-state index contributed by atoms with van der Waals surface area (Å²) in [5.74, 6) is 0.732. The van der Waals surface area contributed by atoms with Crippen molar-refractivity contribution in [2.45, 2.75) is 40.0 Å². The van der Waals surface area contributed by atoms with E-state index in [9.17, 15) is 4.79 Å². The number of amides is 1. The summed E-state index contributed by atoms with van der Waals surface area (Å²) in [6, 6.07) is 0. The van der Waals surface area contributed by atoms with E-state index >= 15 is 0 Å². The van der Waals surface area contributed by atoms with Gasteiger partial charge in [0.2, 0.25) is 5.91 Å². The second-order valence-electron chi connectivity index (χ2n) is 4.53. The molecule has 1 atom stereocenters. The van der Waals surface area contributed by atoms with Crippen LogP contribution in [-0.4, -0.2) is 43.7 Å². The Morgan fingerprint density at radius 3 is 2.18 bits per heavy atom. The number of hydrogen-bond donors (Lipinski definition) is 2. The van der Waals surface area contributed by atoms with Gasteiger partial charge in [-0.2, -0.15) is 12.6 Å². The Morgan fingerprint density at radius 2 is 1.82 bits per heavy atom. The first kappa shape index (κ1) is 19.1. The van der Waals surface area contributed by atoms with Crippen LogP contribution in [0.2, 0.25) is 0 Å². The highest BCUT2D eigenvalue weighted by Gasteiger charge is 2.08. The van der Waals surface area contributed by atoms with Gasteiger partial charge in [-0.25, -0.2) is 0 Å². The molecule has 104 valence electrons. The molecule has 0 bridgehead atoms. The molecule has 1 N–H and O–H groups in total. The summed E-state index contributed by atoms with van der Waals surface area (Å²) in [7, 11) is 4.05. The van der Waals surface area contributed by atoms with Crippen LogP contribution in [0, 0.1) is 5.92 Å². The van der Waals surface area contributed by atoms with Gasteiger partial charge in [0.15, 0.2) is 0 Å². The van der Waals surface area contributed by atoms with Gasteiger partial charge < -0.3 is 10.2 Å². The number of hydrogen-bond acceptors (Lipinski definition) is 3. The van der Waals surface area contributed by atoms with E-state index in [1.807, 2.05) is 21.0 Å². The number of carbonyl (C=O) groups excluding carboxylic acids is 1. The van der Waals surface area contributed by atoms with E-state index in [1.165, 1.54) is 12.8 Å². The van der Waals surface area contributed by atoms with Gasteiger partial charge >= 0.3 is 0 Å². The van der Waals surface area contributed by atoms with Crippen molar-refractivity contribution in [3.63, 3.8) is 0 Å². The maximum absolute atomic E-state index is 11.2. The topological polar surface area (TPSA) is 32.3 Å². The third-order valence-electron chi connectivity index (χ3n) is 2.30. The van der Waals surface area contributed by atoms with Crippen LogP contribution >= 0.6 is 12.6 Å². The number of rotatable bonds is 7. The summed E-state index contributed by atoms with van der Waals surface area (Å²) in [6.45, 7) is 8.01. The molecule has 0 saturated heterocycles. The SMILES string of the molecule is CC(CS)C(=O)NCCCN(C)C.CCCC. The van der Waals surface area contributed by atoms with E-state index in [1.54, 1.807) is 0 Å². The highest BCUT2D eigenvalue weighted by atomic mass is 32.1. The molecule has 0 aliphatic heterocycles. The number of carbonyl (C=O) groups is 1. The molecule has 1 amide bonds. The molecule has 0 rings (SSSR count). The highest BCUT2D eigenvalue weighted by molar-refractivity contribution is 7.80. The molecule has 0 saturated carbocycles. The van der Waals surface area contributed by atoms with Crippen LogP contribution in [0.15, 0.2) is 0 Å². The summed E-state index contributed by atoms with van der Waals surface area (Å²) >= 11 is 4.06. The van der Waals surface area contributed by atoms with Crippen LogP contribution in [0.3, 0.4) is 0 Å². The van der Waals surface area contributed by atoms with Gasteiger partial charge in [0, 0.05) is 18.2 Å². The maximum atomic E-state index is 11.2. The molecule has 0 fully saturated rings. The van der Waals surface area contributed by atoms with Crippen molar-refractivity contribution in [2.75, 3.05) is 32.9 Å². The van der Waals surface area contributed by atoms with Gasteiger partial charge in [-0.1, -0.05) is 33.6 Å². The van der Waals surface area contributed by atoms with Gasteiger partial charge in [-0.05, 0) is 27.1 Å². The lowest BCUT2D eigenvalue weighted by Crippen LogP contribution is -2.32. The third kappa shape index (κ3) is 15.8. The standard InChI is InChI=1S/C9H20N2OS.C4H10/c1-8(7-13)9(12)10-5-4-6-11(2)3;1-3-4-2/h8,13H,4-7H2,1-3H3,(H,10,12);3-4H2,1-2H3. The number of nitrogens with one attached hydrogen (secondary N) is 1. The average molecular weight is 262 g/mol. The minimum Gasteiger partial charge on any atom is -0.356 e. The van der Waals surface area contributed by atoms with Crippen LogP contribution < -0.4 is 5.32 Å². The predicted molar refractivity (Wildman–Crippen MR) is 79.8 cm³/mol. The second kappa shape index (κ2) is 13.8. The largest absolute Gasteiger partial charge is 0.356 e. The van der Waals surface area contributed by atoms with E-state index in [2.05, 4.69) is 36.7 Å². The quantitative estimate of drug-likeness (QED) is 0.545. The monoisotopic (exact) mass is 262 g/mol. The van der Waals surface area contributed by atoms with Crippen LogP contribution in [0.1, 0.15) is 40.0 Å². The van der Waals surface area contributed by atoms with Crippen molar-refractivity contribution < 1.29 is 4.79 Å². The predicted octanol–water partition coefficient (Wildman–Crippen LogP) is 2.43. The first-order valence-electron chi connectivity index (χ1n) is 6.52. The highest BCUT2D eigenvalue weighted by Crippen LogP contribution is 1.96. The first-order valence-corrected chi connectivity index (χ1v) is 7.16. The Bertz CT molecular complexity index is 173. The fourth-order valence-corrected chi connectivity index (χ4v) is 1.03. The smallest absolute Gasteiger partial charge is 0.223 e. The number of thiol groups is 1. The Morgan fingerprint density at radius 1 is 1.29 bits per heavy atom.